The zero-order valence-electron chi connectivity index (χ0n) is 12.9. The minimum absolute atomic E-state index is 0.559. The molecule has 4 rings (SSSR count). The zero-order chi connectivity index (χ0) is 14.8. The Hall–Kier alpha value is -1.60. The van der Waals surface area contributed by atoms with Gasteiger partial charge in [-0.05, 0) is 47.4 Å². The highest BCUT2D eigenvalue weighted by atomic mass is 28.2. The van der Waals surface area contributed by atoms with Crippen LogP contribution in [0.25, 0.3) is 0 Å². The lowest BCUT2D eigenvalue weighted by Gasteiger charge is -2.22. The van der Waals surface area contributed by atoms with Crippen LogP contribution >= 0.6 is 0 Å². The van der Waals surface area contributed by atoms with Crippen molar-refractivity contribution in [3.05, 3.63) is 83.9 Å². The third-order valence-electron chi connectivity index (χ3n) is 5.27. The van der Waals surface area contributed by atoms with Gasteiger partial charge in [-0.2, -0.15) is 0 Å². The fourth-order valence-corrected chi connectivity index (χ4v) is 6.11. The summed E-state index contributed by atoms with van der Waals surface area (Å²) in [6.45, 7) is 0. The van der Waals surface area contributed by atoms with Crippen molar-refractivity contribution >= 4 is 9.52 Å². The van der Waals surface area contributed by atoms with Gasteiger partial charge in [0.15, 0.2) is 0 Å². The van der Waals surface area contributed by atoms with Gasteiger partial charge < -0.3 is 0 Å². The van der Waals surface area contributed by atoms with E-state index in [9.17, 15) is 0 Å². The Morgan fingerprint density at radius 2 is 1.45 bits per heavy atom. The van der Waals surface area contributed by atoms with Crippen molar-refractivity contribution in [2.75, 3.05) is 0 Å². The minimum Gasteiger partial charge on any atom is -0.0851 e. The first-order valence-electron chi connectivity index (χ1n) is 8.42. The van der Waals surface area contributed by atoms with Gasteiger partial charge in [0.1, 0.15) is 0 Å². The fraction of sp³-hybridized carbons (Fsp3) is 0.333. The van der Waals surface area contributed by atoms with Gasteiger partial charge in [-0.3, -0.25) is 0 Å². The average molecular weight is 302 g/mol. The Kier molecular flexibility index (Phi) is 3.99. The Labute approximate surface area is 136 Å². The molecule has 3 unspecified atom stereocenters. The summed E-state index contributed by atoms with van der Waals surface area (Å²) >= 11 is 0. The van der Waals surface area contributed by atoms with Crippen LogP contribution in [0.1, 0.15) is 29.9 Å². The molecule has 0 N–H and O–H groups in total. The molecule has 1 fully saturated rings. The number of rotatable bonds is 5. The van der Waals surface area contributed by atoms with E-state index in [4.69, 9.17) is 0 Å². The van der Waals surface area contributed by atoms with Gasteiger partial charge in [0, 0.05) is 15.4 Å². The molecule has 3 atom stereocenters. The summed E-state index contributed by atoms with van der Waals surface area (Å²) < 4.78 is 0. The number of benzene rings is 2. The summed E-state index contributed by atoms with van der Waals surface area (Å²) in [5, 5.41) is 0. The van der Waals surface area contributed by atoms with E-state index in [-0.39, 0.29) is 0 Å². The molecule has 2 bridgehead atoms. The fourth-order valence-electron chi connectivity index (χ4n) is 4.08. The molecular weight excluding hydrogens is 280 g/mol. The van der Waals surface area contributed by atoms with Crippen molar-refractivity contribution in [1.29, 1.82) is 0 Å². The van der Waals surface area contributed by atoms with Crippen LogP contribution in [-0.2, 0) is 0 Å². The highest BCUT2D eigenvalue weighted by Gasteiger charge is 2.35. The van der Waals surface area contributed by atoms with Crippen LogP contribution in [0.2, 0.25) is 11.6 Å². The van der Waals surface area contributed by atoms with Gasteiger partial charge in [0.05, 0.1) is 0 Å². The van der Waals surface area contributed by atoms with Gasteiger partial charge in [0.2, 0.25) is 0 Å². The van der Waals surface area contributed by atoms with E-state index in [1.54, 1.807) is 0 Å². The van der Waals surface area contributed by atoms with E-state index >= 15 is 0 Å². The van der Waals surface area contributed by atoms with E-state index in [1.165, 1.54) is 30.0 Å². The van der Waals surface area contributed by atoms with E-state index in [1.807, 2.05) is 0 Å². The van der Waals surface area contributed by atoms with Crippen LogP contribution in [-0.4, -0.2) is 9.52 Å². The van der Waals surface area contributed by atoms with Crippen molar-refractivity contribution in [3.8, 4) is 0 Å². The third kappa shape index (κ3) is 2.82. The molecule has 2 radical (unpaired) electrons. The van der Waals surface area contributed by atoms with Crippen molar-refractivity contribution in [2.24, 2.45) is 11.8 Å². The molecule has 0 aliphatic heterocycles. The van der Waals surface area contributed by atoms with E-state index in [0.717, 1.165) is 26.9 Å². The van der Waals surface area contributed by atoms with Crippen LogP contribution in [0.15, 0.2) is 72.8 Å². The number of allylic oxidation sites excluding steroid dienone is 2. The molecule has 0 aromatic heterocycles. The van der Waals surface area contributed by atoms with Gasteiger partial charge in [-0.25, -0.2) is 0 Å². The van der Waals surface area contributed by atoms with Gasteiger partial charge in [0.25, 0.3) is 0 Å². The SMILES string of the molecule is C1=CC2CC1CC2[Si]CC(c1ccccc1)c1ccccc1. The summed E-state index contributed by atoms with van der Waals surface area (Å²) in [5.74, 6) is 2.34. The molecule has 0 saturated heterocycles. The molecule has 0 nitrogen and oxygen atoms in total. The predicted octanol–water partition coefficient (Wildman–Crippen LogP) is 5.33. The Morgan fingerprint density at radius 1 is 0.818 bits per heavy atom. The average Bonchev–Trinajstić information content (AvgIpc) is 3.20. The molecule has 2 aromatic carbocycles. The quantitative estimate of drug-likeness (QED) is 0.517. The van der Waals surface area contributed by atoms with E-state index < -0.39 is 0 Å². The van der Waals surface area contributed by atoms with Gasteiger partial charge >= 0.3 is 0 Å². The first-order valence-corrected chi connectivity index (χ1v) is 9.70. The first kappa shape index (κ1) is 14.0. The lowest BCUT2D eigenvalue weighted by molar-refractivity contribution is 0.684. The second-order valence-electron chi connectivity index (χ2n) is 6.67. The highest BCUT2D eigenvalue weighted by molar-refractivity contribution is 6.38. The summed E-state index contributed by atoms with van der Waals surface area (Å²) in [4.78, 5) is 0. The molecule has 22 heavy (non-hydrogen) atoms. The monoisotopic (exact) mass is 302 g/mol. The maximum atomic E-state index is 2.49. The van der Waals surface area contributed by atoms with Crippen LogP contribution in [0, 0.1) is 11.8 Å². The smallest absolute Gasteiger partial charge is 0.0430 e. The summed E-state index contributed by atoms with van der Waals surface area (Å²) in [5.41, 5.74) is 3.89. The van der Waals surface area contributed by atoms with E-state index in [0.29, 0.717) is 5.92 Å². The van der Waals surface area contributed by atoms with Crippen molar-refractivity contribution in [1.82, 2.24) is 0 Å². The van der Waals surface area contributed by atoms with Gasteiger partial charge in [-0.1, -0.05) is 72.8 Å². The van der Waals surface area contributed by atoms with E-state index in [2.05, 4.69) is 72.8 Å². The second-order valence-corrected chi connectivity index (χ2v) is 8.23. The molecule has 2 aliphatic rings. The first-order chi connectivity index (χ1) is 10.9. The van der Waals surface area contributed by atoms with Crippen molar-refractivity contribution < 1.29 is 0 Å². The van der Waals surface area contributed by atoms with Crippen LogP contribution in [0.5, 0.6) is 0 Å². The second kappa shape index (κ2) is 6.25. The lowest BCUT2D eigenvalue weighted by atomic mass is 9.93. The largest absolute Gasteiger partial charge is 0.0851 e. The summed E-state index contributed by atoms with van der Waals surface area (Å²) in [6, 6.07) is 23.4. The van der Waals surface area contributed by atoms with Crippen LogP contribution in [0.4, 0.5) is 0 Å². The maximum Gasteiger partial charge on any atom is 0.0430 e. The topological polar surface area (TPSA) is 0 Å². The molecule has 0 amide bonds. The Bertz CT molecular complexity index is 592. The normalized spacial score (nSPS) is 26.0. The molecular formula is C21H22Si. The number of fused-ring (bicyclic) bond motifs is 2. The molecule has 1 saturated carbocycles. The summed E-state index contributed by atoms with van der Waals surface area (Å²) in [7, 11) is 1.08. The Morgan fingerprint density at radius 3 is 1.95 bits per heavy atom. The third-order valence-corrected chi connectivity index (χ3v) is 7.10. The number of hydrogen-bond donors (Lipinski definition) is 0. The lowest BCUT2D eigenvalue weighted by Crippen LogP contribution is -2.13. The van der Waals surface area contributed by atoms with Gasteiger partial charge in [-0.15, -0.1) is 0 Å². The number of hydrogen-bond acceptors (Lipinski definition) is 0. The van der Waals surface area contributed by atoms with Crippen molar-refractivity contribution in [3.63, 3.8) is 0 Å². The predicted molar refractivity (Wildman–Crippen MR) is 94.4 cm³/mol. The minimum atomic E-state index is 0.559. The Balaban J connectivity index is 1.52. The van der Waals surface area contributed by atoms with Crippen molar-refractivity contribution in [2.45, 2.75) is 30.3 Å². The van der Waals surface area contributed by atoms with Crippen LogP contribution in [0.3, 0.4) is 0 Å². The van der Waals surface area contributed by atoms with Crippen LogP contribution < -0.4 is 0 Å². The molecule has 1 heteroatoms. The molecule has 2 aliphatic carbocycles. The molecule has 2 aromatic rings. The molecule has 0 spiro atoms. The zero-order valence-corrected chi connectivity index (χ0v) is 13.9. The standard InChI is InChI=1S/C21H22Si/c1-3-7-17(8-4-1)20(18-9-5-2-6-10-18)15-22-21-14-16-11-12-19(21)13-16/h1-12,16,19-21H,13-15H2. The maximum absolute atomic E-state index is 2.49. The molecule has 110 valence electrons. The highest BCUT2D eigenvalue weighted by Crippen LogP contribution is 2.47. The molecule has 0 heterocycles. The summed E-state index contributed by atoms with van der Waals surface area (Å²) in [6.07, 6.45) is 7.82.